The number of hydrogen-bond donors (Lipinski definition) is 0. The highest BCUT2D eigenvalue weighted by Crippen LogP contribution is 2.18. The van der Waals surface area contributed by atoms with Crippen LogP contribution in [0.5, 0.6) is 0 Å². The molecular formula is C70H130O6. The lowest BCUT2D eigenvalue weighted by Crippen LogP contribution is -2.30. The summed E-state index contributed by atoms with van der Waals surface area (Å²) in [5.41, 5.74) is 0. The highest BCUT2D eigenvalue weighted by atomic mass is 16.6. The van der Waals surface area contributed by atoms with Gasteiger partial charge in [0, 0.05) is 19.3 Å². The molecule has 0 N–H and O–H groups in total. The number of unbranched alkanes of at least 4 members (excludes halogenated alkanes) is 46. The minimum Gasteiger partial charge on any atom is -0.462 e. The van der Waals surface area contributed by atoms with Gasteiger partial charge in [0.2, 0.25) is 0 Å². The third-order valence-corrected chi connectivity index (χ3v) is 15.4. The normalized spacial score (nSPS) is 12.2. The van der Waals surface area contributed by atoms with Gasteiger partial charge in [-0.05, 0) is 77.0 Å². The molecule has 0 amide bonds. The number of carbonyl (C=O) groups is 3. The van der Waals surface area contributed by atoms with Crippen molar-refractivity contribution < 1.29 is 28.6 Å². The summed E-state index contributed by atoms with van der Waals surface area (Å²) in [4.78, 5) is 38.4. The first-order valence-electron chi connectivity index (χ1n) is 34.0. The molecule has 6 heteroatoms. The third-order valence-electron chi connectivity index (χ3n) is 15.4. The highest BCUT2D eigenvalue weighted by molar-refractivity contribution is 5.71. The van der Waals surface area contributed by atoms with Crippen LogP contribution in [0.1, 0.15) is 374 Å². The lowest BCUT2D eigenvalue weighted by Gasteiger charge is -2.18. The van der Waals surface area contributed by atoms with Gasteiger partial charge in [0.15, 0.2) is 6.10 Å². The topological polar surface area (TPSA) is 78.9 Å². The minimum absolute atomic E-state index is 0.0741. The lowest BCUT2D eigenvalue weighted by molar-refractivity contribution is -0.167. The molecule has 0 spiro atoms. The Kier molecular flexibility index (Phi) is 63.1. The first-order chi connectivity index (χ1) is 37.5. The van der Waals surface area contributed by atoms with Gasteiger partial charge in [0.25, 0.3) is 0 Å². The SMILES string of the molecule is CCCCCC/C=C\C/C=C\CCCCCCCC(=O)OCC(COC(=O)CCCCCCCCCCCCCCCCCCCCCCCCCCC)OC(=O)CCCCCCCCC/C=C\CCCCCCCC. The Balaban J connectivity index is 4.27. The highest BCUT2D eigenvalue weighted by Gasteiger charge is 2.19. The van der Waals surface area contributed by atoms with Gasteiger partial charge in [-0.3, -0.25) is 14.4 Å². The Hall–Kier alpha value is -2.37. The molecule has 1 atom stereocenters. The van der Waals surface area contributed by atoms with Crippen molar-refractivity contribution in [1.29, 1.82) is 0 Å². The second-order valence-corrected chi connectivity index (χ2v) is 23.1. The maximum atomic E-state index is 12.9. The Morgan fingerprint density at radius 1 is 0.263 bits per heavy atom. The van der Waals surface area contributed by atoms with Gasteiger partial charge in [-0.1, -0.05) is 314 Å². The number of hydrogen-bond acceptors (Lipinski definition) is 6. The van der Waals surface area contributed by atoms with E-state index >= 15 is 0 Å². The smallest absolute Gasteiger partial charge is 0.306 e. The van der Waals surface area contributed by atoms with Gasteiger partial charge >= 0.3 is 17.9 Å². The standard InChI is InChI=1S/C70H130O6/c1-4-7-10-13-16-19-22-25-28-31-32-33-34-35-36-37-38-40-42-45-48-51-54-57-60-63-69(72)75-66-67(65-74-68(71)62-59-56-53-50-47-44-41-30-27-24-21-18-15-12-9-6-3)76-70(73)64-61-58-55-52-49-46-43-39-29-26-23-20-17-14-11-8-5-2/h21,24,26,29-30,41,67H,4-20,22-23,25,27-28,31-40,42-66H2,1-3H3/b24-21-,29-26-,41-30-. The molecule has 446 valence electrons. The maximum Gasteiger partial charge on any atom is 0.306 e. The van der Waals surface area contributed by atoms with Gasteiger partial charge in [0.1, 0.15) is 13.2 Å². The Labute approximate surface area is 474 Å². The van der Waals surface area contributed by atoms with E-state index in [4.69, 9.17) is 14.2 Å². The quantitative estimate of drug-likeness (QED) is 0.0261. The van der Waals surface area contributed by atoms with Crippen LogP contribution in [-0.4, -0.2) is 37.2 Å². The van der Waals surface area contributed by atoms with E-state index in [2.05, 4.69) is 57.2 Å². The summed E-state index contributed by atoms with van der Waals surface area (Å²) in [6.45, 7) is 6.67. The van der Waals surface area contributed by atoms with Crippen LogP contribution in [-0.2, 0) is 28.6 Å². The van der Waals surface area contributed by atoms with E-state index in [1.807, 2.05) is 0 Å². The van der Waals surface area contributed by atoms with Crippen LogP contribution in [0.15, 0.2) is 36.5 Å². The molecule has 0 aromatic carbocycles. The zero-order valence-electron chi connectivity index (χ0n) is 51.3. The predicted octanol–water partition coefficient (Wildman–Crippen LogP) is 23.2. The van der Waals surface area contributed by atoms with Gasteiger partial charge in [0.05, 0.1) is 0 Å². The summed E-state index contributed by atoms with van der Waals surface area (Å²) in [5, 5.41) is 0. The van der Waals surface area contributed by atoms with Crippen LogP contribution in [0.25, 0.3) is 0 Å². The van der Waals surface area contributed by atoms with Gasteiger partial charge < -0.3 is 14.2 Å². The average Bonchev–Trinajstić information content (AvgIpc) is 3.42. The molecule has 0 aliphatic heterocycles. The second-order valence-electron chi connectivity index (χ2n) is 23.1. The molecule has 0 rings (SSSR count). The number of esters is 3. The van der Waals surface area contributed by atoms with E-state index in [-0.39, 0.29) is 31.1 Å². The van der Waals surface area contributed by atoms with Crippen molar-refractivity contribution in [2.75, 3.05) is 13.2 Å². The molecule has 76 heavy (non-hydrogen) atoms. The first kappa shape index (κ1) is 73.6. The number of allylic oxidation sites excluding steroid dienone is 6. The van der Waals surface area contributed by atoms with Crippen LogP contribution in [0.2, 0.25) is 0 Å². The van der Waals surface area contributed by atoms with Crippen molar-refractivity contribution in [3.8, 4) is 0 Å². The largest absolute Gasteiger partial charge is 0.462 e. The molecule has 0 fully saturated rings. The van der Waals surface area contributed by atoms with Crippen molar-refractivity contribution in [2.45, 2.75) is 380 Å². The van der Waals surface area contributed by atoms with Crippen molar-refractivity contribution >= 4 is 17.9 Å². The van der Waals surface area contributed by atoms with Crippen LogP contribution < -0.4 is 0 Å². The molecule has 6 nitrogen and oxygen atoms in total. The molecule has 0 aromatic heterocycles. The van der Waals surface area contributed by atoms with Gasteiger partial charge in [-0.25, -0.2) is 0 Å². The minimum atomic E-state index is -0.779. The molecular weight excluding hydrogens is 937 g/mol. The van der Waals surface area contributed by atoms with E-state index in [9.17, 15) is 14.4 Å². The average molecular weight is 1070 g/mol. The van der Waals surface area contributed by atoms with Crippen LogP contribution >= 0.6 is 0 Å². The summed E-state index contributed by atoms with van der Waals surface area (Å²) >= 11 is 0. The van der Waals surface area contributed by atoms with E-state index < -0.39 is 6.10 Å². The zero-order valence-corrected chi connectivity index (χ0v) is 51.3. The van der Waals surface area contributed by atoms with Crippen LogP contribution in [0.4, 0.5) is 0 Å². The Bertz CT molecular complexity index is 1270. The number of rotatable bonds is 63. The fourth-order valence-corrected chi connectivity index (χ4v) is 10.2. The summed E-state index contributed by atoms with van der Waals surface area (Å²) in [7, 11) is 0. The van der Waals surface area contributed by atoms with E-state index in [1.54, 1.807) is 0 Å². The molecule has 1 unspecified atom stereocenters. The fourth-order valence-electron chi connectivity index (χ4n) is 10.2. The monoisotopic (exact) mass is 1070 g/mol. The predicted molar refractivity (Wildman–Crippen MR) is 330 cm³/mol. The molecule has 0 aliphatic rings. The summed E-state index contributed by atoms with van der Waals surface area (Å²) in [5.74, 6) is -0.867. The maximum absolute atomic E-state index is 12.9. The number of ether oxygens (including phenoxy) is 3. The van der Waals surface area contributed by atoms with Crippen molar-refractivity contribution in [2.24, 2.45) is 0 Å². The fraction of sp³-hybridized carbons (Fsp3) is 0.871. The van der Waals surface area contributed by atoms with Gasteiger partial charge in [-0.2, -0.15) is 0 Å². The number of carbonyl (C=O) groups excluding carboxylic acids is 3. The van der Waals surface area contributed by atoms with Crippen LogP contribution in [0.3, 0.4) is 0 Å². The lowest BCUT2D eigenvalue weighted by atomic mass is 10.0. The first-order valence-corrected chi connectivity index (χ1v) is 34.0. The zero-order chi connectivity index (χ0) is 55.0. The second kappa shape index (κ2) is 65.2. The summed E-state index contributed by atoms with van der Waals surface area (Å²) in [6.07, 6.45) is 80.2. The van der Waals surface area contributed by atoms with Crippen molar-refractivity contribution in [3.05, 3.63) is 36.5 Å². The van der Waals surface area contributed by atoms with E-state index in [0.717, 1.165) is 77.0 Å². The molecule has 0 heterocycles. The molecule has 0 bridgehead atoms. The van der Waals surface area contributed by atoms with Crippen LogP contribution in [0, 0.1) is 0 Å². The van der Waals surface area contributed by atoms with Crippen molar-refractivity contribution in [3.63, 3.8) is 0 Å². The third kappa shape index (κ3) is 62.5. The summed E-state index contributed by atoms with van der Waals surface area (Å²) in [6, 6.07) is 0. The molecule has 0 aromatic rings. The Morgan fingerprint density at radius 3 is 0.750 bits per heavy atom. The molecule has 0 radical (unpaired) electrons. The molecule has 0 aliphatic carbocycles. The van der Waals surface area contributed by atoms with Crippen molar-refractivity contribution in [1.82, 2.24) is 0 Å². The molecule has 0 saturated carbocycles. The summed E-state index contributed by atoms with van der Waals surface area (Å²) < 4.78 is 17.0. The van der Waals surface area contributed by atoms with E-state index in [0.29, 0.717) is 19.3 Å². The van der Waals surface area contributed by atoms with E-state index in [1.165, 1.54) is 257 Å². The molecule has 0 saturated heterocycles. The Morgan fingerprint density at radius 2 is 0.474 bits per heavy atom. The van der Waals surface area contributed by atoms with Gasteiger partial charge in [-0.15, -0.1) is 0 Å².